The van der Waals surface area contributed by atoms with Crippen LogP contribution in [0.25, 0.3) is 33.3 Å². The van der Waals surface area contributed by atoms with Crippen molar-refractivity contribution in [1.29, 1.82) is 0 Å². The lowest BCUT2D eigenvalue weighted by Crippen LogP contribution is -2.15. The van der Waals surface area contributed by atoms with E-state index in [1.165, 1.54) is 11.3 Å². The Kier molecular flexibility index (Phi) is 8.83. The summed E-state index contributed by atoms with van der Waals surface area (Å²) < 4.78 is 17.0. The van der Waals surface area contributed by atoms with Crippen LogP contribution in [0, 0.1) is 0 Å². The van der Waals surface area contributed by atoms with Gasteiger partial charge in [-0.3, -0.25) is 4.79 Å². The lowest BCUT2D eigenvalue weighted by molar-refractivity contribution is 0.0529. The van der Waals surface area contributed by atoms with Gasteiger partial charge in [-0.25, -0.2) is 9.78 Å². The highest BCUT2D eigenvalue weighted by Crippen LogP contribution is 2.38. The standard InChI is InChI=1S/C34H32N2O5S/c1-5-39-23-17-15-22(16-18-23)27-20-42-33(31(27)34(38)40-6-2)36-32(37)26-19-29(35-28-13-9-7-11-24(26)28)25-12-8-10-14-30(25)41-21(3)4/h7-21H,5-6H2,1-4H3,(H,36,37). The molecule has 214 valence electrons. The minimum atomic E-state index is -0.502. The number of amides is 1. The van der Waals surface area contributed by atoms with Gasteiger partial charge in [0, 0.05) is 21.9 Å². The number of nitrogens with zero attached hydrogens (tertiary/aromatic N) is 1. The molecule has 0 aliphatic heterocycles. The molecule has 0 radical (unpaired) electrons. The maximum atomic E-state index is 13.9. The Labute approximate surface area is 249 Å². The molecule has 0 saturated carbocycles. The predicted molar refractivity (Wildman–Crippen MR) is 168 cm³/mol. The van der Waals surface area contributed by atoms with Crippen molar-refractivity contribution in [3.63, 3.8) is 0 Å². The monoisotopic (exact) mass is 580 g/mol. The maximum absolute atomic E-state index is 13.9. The van der Waals surface area contributed by atoms with Gasteiger partial charge in [-0.05, 0) is 69.7 Å². The number of fused-ring (bicyclic) bond motifs is 1. The second-order valence-electron chi connectivity index (χ2n) is 9.72. The molecule has 0 spiro atoms. The minimum absolute atomic E-state index is 0.0286. The third kappa shape index (κ3) is 6.14. The van der Waals surface area contributed by atoms with Gasteiger partial charge < -0.3 is 19.5 Å². The third-order valence-corrected chi connectivity index (χ3v) is 7.36. The van der Waals surface area contributed by atoms with Crippen molar-refractivity contribution in [3.8, 4) is 33.9 Å². The van der Waals surface area contributed by atoms with E-state index in [4.69, 9.17) is 19.2 Å². The van der Waals surface area contributed by atoms with Gasteiger partial charge in [-0.15, -0.1) is 11.3 Å². The average Bonchev–Trinajstić information content (AvgIpc) is 3.40. The fourth-order valence-corrected chi connectivity index (χ4v) is 5.62. The van der Waals surface area contributed by atoms with Crippen molar-refractivity contribution in [3.05, 3.63) is 95.4 Å². The summed E-state index contributed by atoms with van der Waals surface area (Å²) in [7, 11) is 0. The van der Waals surface area contributed by atoms with E-state index in [9.17, 15) is 9.59 Å². The number of esters is 1. The molecule has 0 unspecified atom stereocenters. The van der Waals surface area contributed by atoms with E-state index in [-0.39, 0.29) is 18.6 Å². The number of benzene rings is 3. The second-order valence-corrected chi connectivity index (χ2v) is 10.6. The molecule has 0 bridgehead atoms. The van der Waals surface area contributed by atoms with Crippen molar-refractivity contribution in [1.82, 2.24) is 4.98 Å². The first-order chi connectivity index (χ1) is 20.4. The van der Waals surface area contributed by atoms with Crippen LogP contribution in [-0.4, -0.2) is 36.2 Å². The normalized spacial score (nSPS) is 11.0. The van der Waals surface area contributed by atoms with Crippen molar-refractivity contribution in [2.45, 2.75) is 33.8 Å². The largest absolute Gasteiger partial charge is 0.494 e. The van der Waals surface area contributed by atoms with Crippen molar-refractivity contribution < 1.29 is 23.8 Å². The molecule has 8 heteroatoms. The number of ether oxygens (including phenoxy) is 3. The number of hydrogen-bond acceptors (Lipinski definition) is 7. The first-order valence-electron chi connectivity index (χ1n) is 13.9. The summed E-state index contributed by atoms with van der Waals surface area (Å²) in [5, 5.41) is 5.96. The molecule has 0 fully saturated rings. The number of hydrogen-bond donors (Lipinski definition) is 1. The van der Waals surface area contributed by atoms with Gasteiger partial charge in [0.25, 0.3) is 5.91 Å². The van der Waals surface area contributed by atoms with Gasteiger partial charge >= 0.3 is 5.97 Å². The van der Waals surface area contributed by atoms with Gasteiger partial charge in [-0.1, -0.05) is 42.5 Å². The van der Waals surface area contributed by atoms with Crippen LogP contribution >= 0.6 is 11.3 Å². The molecule has 5 rings (SSSR count). The predicted octanol–water partition coefficient (Wildman–Crippen LogP) is 8.25. The van der Waals surface area contributed by atoms with Crippen molar-refractivity contribution in [2.24, 2.45) is 0 Å². The maximum Gasteiger partial charge on any atom is 0.341 e. The summed E-state index contributed by atoms with van der Waals surface area (Å²) in [6.45, 7) is 8.38. The number of carbonyl (C=O) groups excluding carboxylic acids is 2. The van der Waals surface area contributed by atoms with Crippen molar-refractivity contribution in [2.75, 3.05) is 18.5 Å². The highest BCUT2D eigenvalue weighted by atomic mass is 32.1. The molecule has 42 heavy (non-hydrogen) atoms. The molecule has 3 aromatic carbocycles. The highest BCUT2D eigenvalue weighted by molar-refractivity contribution is 7.15. The molecule has 5 aromatic rings. The average molecular weight is 581 g/mol. The van der Waals surface area contributed by atoms with Crippen LogP contribution in [0.15, 0.2) is 84.2 Å². The Morgan fingerprint density at radius 3 is 2.38 bits per heavy atom. The lowest BCUT2D eigenvalue weighted by atomic mass is 10.0. The SMILES string of the molecule is CCOC(=O)c1c(-c2ccc(OCC)cc2)csc1NC(=O)c1cc(-c2ccccc2OC(C)C)nc2ccccc12. The fourth-order valence-electron chi connectivity index (χ4n) is 4.67. The number of rotatable bonds is 10. The third-order valence-electron chi connectivity index (χ3n) is 6.46. The number of para-hydroxylation sites is 2. The fraction of sp³-hybridized carbons (Fsp3) is 0.206. The van der Waals surface area contributed by atoms with E-state index in [1.807, 2.05) is 98.9 Å². The molecule has 2 aromatic heterocycles. The summed E-state index contributed by atoms with van der Waals surface area (Å²) in [6.07, 6.45) is -0.0286. The van der Waals surface area contributed by atoms with Crippen LogP contribution in [0.2, 0.25) is 0 Å². The number of anilines is 1. The van der Waals surface area contributed by atoms with Gasteiger partial charge in [0.15, 0.2) is 0 Å². The minimum Gasteiger partial charge on any atom is -0.494 e. The summed E-state index contributed by atoms with van der Waals surface area (Å²) in [5.41, 5.74) is 4.31. The Bertz CT molecular complexity index is 1730. The molecular formula is C34H32N2O5S. The van der Waals surface area contributed by atoms with Crippen LogP contribution in [0.5, 0.6) is 11.5 Å². The molecule has 2 heterocycles. The zero-order valence-corrected chi connectivity index (χ0v) is 24.8. The van der Waals surface area contributed by atoms with Crippen LogP contribution in [0.4, 0.5) is 5.00 Å². The van der Waals surface area contributed by atoms with E-state index < -0.39 is 5.97 Å². The Balaban J connectivity index is 1.56. The number of pyridine rings is 1. The van der Waals surface area contributed by atoms with E-state index in [1.54, 1.807) is 13.0 Å². The Hall–Kier alpha value is -4.69. The molecule has 1 amide bonds. The van der Waals surface area contributed by atoms with Gasteiger partial charge in [0.1, 0.15) is 22.1 Å². The topological polar surface area (TPSA) is 86.8 Å². The number of thiophene rings is 1. The van der Waals surface area contributed by atoms with Crippen LogP contribution in [0.1, 0.15) is 48.4 Å². The van der Waals surface area contributed by atoms with E-state index in [2.05, 4.69) is 5.32 Å². The molecule has 0 atom stereocenters. The number of aromatic nitrogens is 1. The summed E-state index contributed by atoms with van der Waals surface area (Å²) in [5.74, 6) is 0.564. The Morgan fingerprint density at radius 2 is 1.64 bits per heavy atom. The number of nitrogens with one attached hydrogen (secondary N) is 1. The highest BCUT2D eigenvalue weighted by Gasteiger charge is 2.24. The van der Waals surface area contributed by atoms with Crippen LogP contribution in [-0.2, 0) is 4.74 Å². The van der Waals surface area contributed by atoms with Gasteiger partial charge in [-0.2, -0.15) is 0 Å². The second kappa shape index (κ2) is 12.9. The lowest BCUT2D eigenvalue weighted by Gasteiger charge is -2.15. The van der Waals surface area contributed by atoms with Gasteiger partial charge in [0.05, 0.1) is 36.1 Å². The quantitative estimate of drug-likeness (QED) is 0.167. The molecule has 0 aliphatic rings. The molecule has 7 nitrogen and oxygen atoms in total. The molecular weight excluding hydrogens is 548 g/mol. The summed E-state index contributed by atoms with van der Waals surface area (Å²) >= 11 is 1.28. The first kappa shape index (κ1) is 28.8. The molecule has 0 saturated heterocycles. The smallest absolute Gasteiger partial charge is 0.341 e. The Morgan fingerprint density at radius 1 is 0.905 bits per heavy atom. The van der Waals surface area contributed by atoms with E-state index >= 15 is 0 Å². The zero-order chi connectivity index (χ0) is 29.6. The molecule has 1 N–H and O–H groups in total. The summed E-state index contributed by atoms with van der Waals surface area (Å²) in [6, 6.07) is 24.4. The van der Waals surface area contributed by atoms with Crippen molar-refractivity contribution >= 4 is 39.1 Å². The zero-order valence-electron chi connectivity index (χ0n) is 24.0. The van der Waals surface area contributed by atoms with E-state index in [0.29, 0.717) is 50.6 Å². The van der Waals surface area contributed by atoms with Crippen LogP contribution in [0.3, 0.4) is 0 Å². The number of carbonyl (C=O) groups is 2. The molecule has 0 aliphatic carbocycles. The first-order valence-corrected chi connectivity index (χ1v) is 14.8. The van der Waals surface area contributed by atoms with Gasteiger partial charge in [0.2, 0.25) is 0 Å². The van der Waals surface area contributed by atoms with E-state index in [0.717, 1.165) is 16.9 Å². The van der Waals surface area contributed by atoms with Crippen LogP contribution < -0.4 is 14.8 Å². The summed E-state index contributed by atoms with van der Waals surface area (Å²) in [4.78, 5) is 32.0.